The molecule has 0 saturated carbocycles. The average Bonchev–Trinajstić information content (AvgIpc) is 3.04. The van der Waals surface area contributed by atoms with Gasteiger partial charge in [0, 0.05) is 31.5 Å². The van der Waals surface area contributed by atoms with E-state index < -0.39 is 0 Å². The van der Waals surface area contributed by atoms with Crippen LogP contribution in [0.15, 0.2) is 66.9 Å². The van der Waals surface area contributed by atoms with Gasteiger partial charge in [0.25, 0.3) is 0 Å². The van der Waals surface area contributed by atoms with Crippen LogP contribution in [0.2, 0.25) is 0 Å². The summed E-state index contributed by atoms with van der Waals surface area (Å²) in [5.41, 5.74) is 6.96. The van der Waals surface area contributed by atoms with Crippen molar-refractivity contribution in [2.45, 2.75) is 45.8 Å². The SMILES string of the molecule is CCc1ccc([C@H]2c3cccn3CCCN2Cc2cccc(C)c2)cc1. The molecule has 0 bridgehead atoms. The molecule has 1 aromatic heterocycles. The van der Waals surface area contributed by atoms with E-state index in [1.807, 2.05) is 0 Å². The van der Waals surface area contributed by atoms with Crippen molar-refractivity contribution < 1.29 is 0 Å². The lowest BCUT2D eigenvalue weighted by atomic mass is 9.99. The predicted octanol–water partition coefficient (Wildman–Crippen LogP) is 5.35. The molecule has 2 heterocycles. The van der Waals surface area contributed by atoms with Crippen LogP contribution in [0, 0.1) is 6.92 Å². The van der Waals surface area contributed by atoms with Gasteiger partial charge in [0.1, 0.15) is 0 Å². The topological polar surface area (TPSA) is 8.17 Å². The van der Waals surface area contributed by atoms with Gasteiger partial charge in [-0.3, -0.25) is 4.90 Å². The first-order chi connectivity index (χ1) is 12.7. The first kappa shape index (κ1) is 17.1. The highest BCUT2D eigenvalue weighted by atomic mass is 15.2. The Kier molecular flexibility index (Phi) is 4.94. The molecule has 4 rings (SSSR count). The van der Waals surface area contributed by atoms with Gasteiger partial charge in [0.05, 0.1) is 6.04 Å². The van der Waals surface area contributed by atoms with E-state index in [4.69, 9.17) is 0 Å². The van der Waals surface area contributed by atoms with Crippen molar-refractivity contribution in [1.29, 1.82) is 0 Å². The second-order valence-electron chi connectivity index (χ2n) is 7.44. The van der Waals surface area contributed by atoms with E-state index in [2.05, 4.69) is 90.2 Å². The van der Waals surface area contributed by atoms with Crippen molar-refractivity contribution in [3.63, 3.8) is 0 Å². The number of aromatic nitrogens is 1. The quantitative estimate of drug-likeness (QED) is 0.619. The Morgan fingerprint density at radius 2 is 1.77 bits per heavy atom. The summed E-state index contributed by atoms with van der Waals surface area (Å²) >= 11 is 0. The van der Waals surface area contributed by atoms with Gasteiger partial charge in [-0.05, 0) is 48.6 Å². The van der Waals surface area contributed by atoms with Gasteiger partial charge < -0.3 is 4.57 Å². The van der Waals surface area contributed by atoms with Crippen LogP contribution in [0.3, 0.4) is 0 Å². The third kappa shape index (κ3) is 3.47. The lowest BCUT2D eigenvalue weighted by molar-refractivity contribution is 0.220. The molecular formula is C24H28N2. The van der Waals surface area contributed by atoms with Crippen LogP contribution in [0.5, 0.6) is 0 Å². The van der Waals surface area contributed by atoms with E-state index in [-0.39, 0.29) is 0 Å². The van der Waals surface area contributed by atoms with Gasteiger partial charge in [0.15, 0.2) is 0 Å². The zero-order valence-corrected chi connectivity index (χ0v) is 15.9. The van der Waals surface area contributed by atoms with Crippen molar-refractivity contribution in [2.24, 2.45) is 0 Å². The van der Waals surface area contributed by atoms with E-state index in [9.17, 15) is 0 Å². The molecule has 0 aliphatic carbocycles. The second kappa shape index (κ2) is 7.51. The molecule has 0 saturated heterocycles. The van der Waals surface area contributed by atoms with Gasteiger partial charge in [-0.15, -0.1) is 0 Å². The monoisotopic (exact) mass is 344 g/mol. The summed E-state index contributed by atoms with van der Waals surface area (Å²) in [7, 11) is 0. The van der Waals surface area contributed by atoms with E-state index in [0.717, 1.165) is 26.1 Å². The number of benzene rings is 2. The summed E-state index contributed by atoms with van der Waals surface area (Å²) in [5.74, 6) is 0. The molecule has 0 amide bonds. The Labute approximate surface area is 157 Å². The number of aryl methyl sites for hydroxylation is 3. The number of fused-ring (bicyclic) bond motifs is 1. The average molecular weight is 345 g/mol. The molecule has 2 aromatic carbocycles. The molecule has 3 aromatic rings. The number of hydrogen-bond acceptors (Lipinski definition) is 1. The minimum Gasteiger partial charge on any atom is -0.350 e. The van der Waals surface area contributed by atoms with Gasteiger partial charge in [-0.2, -0.15) is 0 Å². The summed E-state index contributed by atoms with van der Waals surface area (Å²) in [6.45, 7) is 7.62. The maximum atomic E-state index is 2.65. The molecule has 0 fully saturated rings. The van der Waals surface area contributed by atoms with Crippen molar-refractivity contribution in [2.75, 3.05) is 6.54 Å². The molecule has 0 radical (unpaired) electrons. The van der Waals surface area contributed by atoms with Crippen LogP contribution in [0.4, 0.5) is 0 Å². The lowest BCUT2D eigenvalue weighted by Crippen LogP contribution is -2.29. The predicted molar refractivity (Wildman–Crippen MR) is 108 cm³/mol. The highest BCUT2D eigenvalue weighted by Crippen LogP contribution is 2.33. The normalized spacial score (nSPS) is 17.7. The minimum atomic E-state index is 0.318. The molecule has 26 heavy (non-hydrogen) atoms. The molecule has 1 atom stereocenters. The zero-order valence-electron chi connectivity index (χ0n) is 15.9. The second-order valence-corrected chi connectivity index (χ2v) is 7.44. The van der Waals surface area contributed by atoms with Crippen LogP contribution >= 0.6 is 0 Å². The molecular weight excluding hydrogens is 316 g/mol. The zero-order chi connectivity index (χ0) is 17.9. The van der Waals surface area contributed by atoms with Crippen LogP contribution in [0.25, 0.3) is 0 Å². The number of nitrogens with zero attached hydrogens (tertiary/aromatic N) is 2. The number of hydrogen-bond donors (Lipinski definition) is 0. The van der Waals surface area contributed by atoms with Crippen LogP contribution in [0.1, 0.15) is 47.3 Å². The van der Waals surface area contributed by atoms with E-state index in [0.29, 0.717) is 6.04 Å². The van der Waals surface area contributed by atoms with E-state index >= 15 is 0 Å². The molecule has 0 unspecified atom stereocenters. The highest BCUT2D eigenvalue weighted by Gasteiger charge is 2.27. The fraction of sp³-hybridized carbons (Fsp3) is 0.333. The third-order valence-electron chi connectivity index (χ3n) is 5.53. The van der Waals surface area contributed by atoms with Crippen LogP contribution in [-0.2, 0) is 19.5 Å². The Morgan fingerprint density at radius 1 is 0.923 bits per heavy atom. The minimum absolute atomic E-state index is 0.318. The van der Waals surface area contributed by atoms with Gasteiger partial charge in [0.2, 0.25) is 0 Å². The summed E-state index contributed by atoms with van der Waals surface area (Å²) in [4.78, 5) is 2.65. The largest absolute Gasteiger partial charge is 0.350 e. The highest BCUT2D eigenvalue weighted by molar-refractivity contribution is 5.33. The fourth-order valence-corrected chi connectivity index (χ4v) is 4.17. The van der Waals surface area contributed by atoms with E-state index in [1.165, 1.54) is 34.4 Å². The Balaban J connectivity index is 1.72. The first-order valence-corrected chi connectivity index (χ1v) is 9.78. The Bertz CT molecular complexity index is 860. The van der Waals surface area contributed by atoms with Gasteiger partial charge in [-0.1, -0.05) is 61.0 Å². The number of rotatable bonds is 4. The molecule has 0 spiro atoms. The fourth-order valence-electron chi connectivity index (χ4n) is 4.17. The summed E-state index contributed by atoms with van der Waals surface area (Å²) in [5, 5.41) is 0. The summed E-state index contributed by atoms with van der Waals surface area (Å²) in [6, 6.07) is 23.0. The molecule has 2 heteroatoms. The maximum absolute atomic E-state index is 2.65. The Hall–Kier alpha value is -2.32. The van der Waals surface area contributed by atoms with Crippen molar-refractivity contribution in [1.82, 2.24) is 9.47 Å². The lowest BCUT2D eigenvalue weighted by Gasteiger charge is -2.31. The van der Waals surface area contributed by atoms with Gasteiger partial charge >= 0.3 is 0 Å². The van der Waals surface area contributed by atoms with Crippen molar-refractivity contribution in [3.8, 4) is 0 Å². The van der Waals surface area contributed by atoms with Crippen molar-refractivity contribution in [3.05, 3.63) is 94.8 Å². The van der Waals surface area contributed by atoms with E-state index in [1.54, 1.807) is 0 Å². The molecule has 2 nitrogen and oxygen atoms in total. The smallest absolute Gasteiger partial charge is 0.0759 e. The summed E-state index contributed by atoms with van der Waals surface area (Å²) in [6.07, 6.45) is 4.52. The maximum Gasteiger partial charge on any atom is 0.0759 e. The molecule has 0 N–H and O–H groups in total. The van der Waals surface area contributed by atoms with Gasteiger partial charge in [-0.25, -0.2) is 0 Å². The third-order valence-corrected chi connectivity index (χ3v) is 5.53. The Morgan fingerprint density at radius 3 is 2.54 bits per heavy atom. The van der Waals surface area contributed by atoms with Crippen LogP contribution < -0.4 is 0 Å². The molecule has 1 aliphatic heterocycles. The standard InChI is InChI=1S/C24H28N2/c1-3-20-10-12-22(13-11-20)24-23-9-5-14-25(23)15-6-16-26(24)18-21-8-4-7-19(2)17-21/h4-5,7-14,17,24H,3,6,15-16,18H2,1-2H3/t24-/m0/s1. The molecule has 1 aliphatic rings. The first-order valence-electron chi connectivity index (χ1n) is 9.78. The van der Waals surface area contributed by atoms with Crippen LogP contribution in [-0.4, -0.2) is 16.0 Å². The molecule has 134 valence electrons. The summed E-state index contributed by atoms with van der Waals surface area (Å²) < 4.78 is 2.44. The van der Waals surface area contributed by atoms with Crippen molar-refractivity contribution >= 4 is 0 Å².